The minimum absolute atomic E-state index is 0.0169. The third-order valence-corrected chi connectivity index (χ3v) is 7.97. The number of nitrogens with zero attached hydrogens (tertiary/aromatic N) is 5. The van der Waals surface area contributed by atoms with Crippen LogP contribution in [0.25, 0.3) is 0 Å². The Labute approximate surface area is 232 Å². The fraction of sp³-hybridized carbons (Fsp3) is 0.462. The van der Waals surface area contributed by atoms with Crippen molar-refractivity contribution in [2.45, 2.75) is 37.4 Å². The van der Waals surface area contributed by atoms with Gasteiger partial charge in [-0.1, -0.05) is 43.3 Å². The highest BCUT2D eigenvalue weighted by Crippen LogP contribution is 2.30. The molecule has 0 aromatic heterocycles. The molecule has 1 N–H and O–H groups in total. The molecule has 1 aliphatic rings. The van der Waals surface area contributed by atoms with E-state index < -0.39 is 21.8 Å². The zero-order valence-electron chi connectivity index (χ0n) is 22.9. The van der Waals surface area contributed by atoms with Crippen molar-refractivity contribution in [3.63, 3.8) is 0 Å². The Hall–Kier alpha value is -3.52. The van der Waals surface area contributed by atoms with E-state index in [9.17, 15) is 31.2 Å². The lowest BCUT2D eigenvalue weighted by molar-refractivity contribution is -0.137. The molecule has 0 spiro atoms. The molecule has 2 aromatic carbocycles. The fourth-order valence-corrected chi connectivity index (χ4v) is 5.22. The standard InChI is InChI=1S/C15H20F3N5O3S.C11H15NO/c1-19-20-21(2)11-14(24)22-7-9-23(10-8-22)27(25,26)13-5-3-12(4-6-13)15(16,17)18;1-9(2)11-5-3-10(4-6-11)7-12-8-13/h3-6H,7-11H2,1-2H3;3-6,8-9H,7H2,1-2H3,(H,12,13). The Morgan fingerprint density at radius 2 is 1.62 bits per heavy atom. The molecule has 2 aromatic rings. The number of hydrogen-bond acceptors (Lipinski definition) is 6. The van der Waals surface area contributed by atoms with Crippen LogP contribution < -0.4 is 5.32 Å². The van der Waals surface area contributed by atoms with Crippen LogP contribution in [-0.2, 0) is 32.3 Å². The zero-order valence-corrected chi connectivity index (χ0v) is 23.7. The normalized spacial score (nSPS) is 14.6. The third kappa shape index (κ3) is 9.59. The molecule has 3 rings (SSSR count). The topological polar surface area (TPSA) is 115 Å². The number of benzene rings is 2. The molecule has 0 aliphatic carbocycles. The van der Waals surface area contributed by atoms with Crippen LogP contribution in [0.1, 0.15) is 36.5 Å². The van der Waals surface area contributed by atoms with Crippen LogP contribution in [-0.4, -0.2) is 81.8 Å². The maximum absolute atomic E-state index is 12.6. The van der Waals surface area contributed by atoms with Gasteiger partial charge in [0.1, 0.15) is 6.54 Å². The van der Waals surface area contributed by atoms with Crippen molar-refractivity contribution in [3.8, 4) is 0 Å². The van der Waals surface area contributed by atoms with Gasteiger partial charge in [0.15, 0.2) is 0 Å². The molecule has 220 valence electrons. The van der Waals surface area contributed by atoms with Gasteiger partial charge in [0.05, 0.1) is 17.5 Å². The molecule has 10 nitrogen and oxygen atoms in total. The summed E-state index contributed by atoms with van der Waals surface area (Å²) in [5, 5.41) is 11.3. The number of nitrogens with one attached hydrogen (secondary N) is 1. The summed E-state index contributed by atoms with van der Waals surface area (Å²) in [5.74, 6) is 0.351. The fourth-order valence-electron chi connectivity index (χ4n) is 3.80. The van der Waals surface area contributed by atoms with Crippen LogP contribution >= 0.6 is 0 Å². The first-order valence-electron chi connectivity index (χ1n) is 12.5. The van der Waals surface area contributed by atoms with E-state index in [0.29, 0.717) is 12.5 Å². The molecule has 1 heterocycles. The largest absolute Gasteiger partial charge is 0.416 e. The summed E-state index contributed by atoms with van der Waals surface area (Å²) >= 11 is 0. The second-order valence-corrected chi connectivity index (χ2v) is 11.2. The number of rotatable bonds is 9. The van der Waals surface area contributed by atoms with Crippen molar-refractivity contribution in [1.82, 2.24) is 19.5 Å². The van der Waals surface area contributed by atoms with Gasteiger partial charge in [0.2, 0.25) is 22.3 Å². The molecule has 0 radical (unpaired) electrons. The predicted octanol–water partition coefficient (Wildman–Crippen LogP) is 3.52. The minimum atomic E-state index is -4.53. The summed E-state index contributed by atoms with van der Waals surface area (Å²) in [6.45, 7) is 5.47. The monoisotopic (exact) mass is 584 g/mol. The number of likely N-dealkylation sites (N-methyl/N-ethyl adjacent to an activating group) is 1. The van der Waals surface area contributed by atoms with Crippen LogP contribution in [0.4, 0.5) is 13.2 Å². The quantitative estimate of drug-likeness (QED) is 0.275. The Morgan fingerprint density at radius 1 is 1.05 bits per heavy atom. The molecule has 0 saturated carbocycles. The predicted molar refractivity (Wildman–Crippen MR) is 144 cm³/mol. The van der Waals surface area contributed by atoms with Crippen LogP contribution in [0.3, 0.4) is 0 Å². The maximum Gasteiger partial charge on any atom is 0.416 e. The van der Waals surface area contributed by atoms with Gasteiger partial charge in [0, 0.05) is 39.8 Å². The Morgan fingerprint density at radius 3 is 2.10 bits per heavy atom. The van der Waals surface area contributed by atoms with E-state index in [2.05, 4.69) is 41.6 Å². The molecule has 1 fully saturated rings. The minimum Gasteiger partial charge on any atom is -0.355 e. The van der Waals surface area contributed by atoms with Crippen molar-refractivity contribution < 1.29 is 31.2 Å². The summed E-state index contributed by atoms with van der Waals surface area (Å²) in [7, 11) is -0.849. The average molecular weight is 585 g/mol. The van der Waals surface area contributed by atoms with Gasteiger partial charge in [-0.3, -0.25) is 14.6 Å². The molecule has 0 bridgehead atoms. The van der Waals surface area contributed by atoms with Gasteiger partial charge in [-0.15, -0.1) is 0 Å². The van der Waals surface area contributed by atoms with Crippen molar-refractivity contribution in [2.24, 2.45) is 10.3 Å². The second-order valence-electron chi connectivity index (χ2n) is 9.31. The zero-order chi connectivity index (χ0) is 29.9. The van der Waals surface area contributed by atoms with Crippen molar-refractivity contribution in [2.75, 3.05) is 46.8 Å². The SMILES string of the molecule is CC(C)c1ccc(CNC=O)cc1.CN=NN(C)CC(=O)N1CCN(S(=O)(=O)c2ccc(C(F)(F)F)cc2)CC1. The van der Waals surface area contributed by atoms with Crippen LogP contribution in [0.15, 0.2) is 63.8 Å². The Kier molecular flexibility index (Phi) is 12.1. The van der Waals surface area contributed by atoms with E-state index in [4.69, 9.17) is 0 Å². The van der Waals surface area contributed by atoms with Crippen LogP contribution in [0.2, 0.25) is 0 Å². The lowest BCUT2D eigenvalue weighted by Crippen LogP contribution is -2.52. The van der Waals surface area contributed by atoms with E-state index in [1.165, 1.54) is 22.5 Å². The number of carbonyl (C=O) groups excluding carboxylic acids is 2. The average Bonchev–Trinajstić information content (AvgIpc) is 2.92. The lowest BCUT2D eigenvalue weighted by atomic mass is 10.0. The molecular weight excluding hydrogens is 549 g/mol. The van der Waals surface area contributed by atoms with Crippen LogP contribution in [0, 0.1) is 0 Å². The van der Waals surface area contributed by atoms with Crippen LogP contribution in [0.5, 0.6) is 0 Å². The smallest absolute Gasteiger partial charge is 0.355 e. The summed E-state index contributed by atoms with van der Waals surface area (Å²) in [6, 6.07) is 11.7. The summed E-state index contributed by atoms with van der Waals surface area (Å²) in [5.41, 5.74) is 1.55. The maximum atomic E-state index is 12.6. The molecule has 40 heavy (non-hydrogen) atoms. The number of hydrogen-bond donors (Lipinski definition) is 1. The van der Waals surface area contributed by atoms with Crippen molar-refractivity contribution in [3.05, 3.63) is 65.2 Å². The highest BCUT2D eigenvalue weighted by molar-refractivity contribution is 7.89. The highest BCUT2D eigenvalue weighted by Gasteiger charge is 2.33. The van der Waals surface area contributed by atoms with Gasteiger partial charge >= 0.3 is 6.18 Å². The molecule has 0 atom stereocenters. The Balaban J connectivity index is 0.000000360. The Bertz CT molecular complexity index is 1230. The van der Waals surface area contributed by atoms with E-state index >= 15 is 0 Å². The van der Waals surface area contributed by atoms with Gasteiger partial charge in [-0.05, 0) is 41.3 Å². The van der Waals surface area contributed by atoms with E-state index in [-0.39, 0.29) is 43.5 Å². The number of alkyl halides is 3. The summed E-state index contributed by atoms with van der Waals surface area (Å²) < 4.78 is 64.2. The lowest BCUT2D eigenvalue weighted by Gasteiger charge is -2.34. The second kappa shape index (κ2) is 14.7. The molecule has 1 aliphatic heterocycles. The first-order valence-corrected chi connectivity index (χ1v) is 14.0. The van der Waals surface area contributed by atoms with Gasteiger partial charge in [-0.2, -0.15) is 22.6 Å². The van der Waals surface area contributed by atoms with Crippen molar-refractivity contribution >= 4 is 22.3 Å². The van der Waals surface area contributed by atoms with Crippen molar-refractivity contribution in [1.29, 1.82) is 0 Å². The summed E-state index contributed by atoms with van der Waals surface area (Å²) in [6.07, 6.45) is -3.81. The molecule has 14 heteroatoms. The highest BCUT2D eigenvalue weighted by atomic mass is 32.2. The third-order valence-electron chi connectivity index (χ3n) is 6.05. The molecular formula is C26H35F3N6O4S. The van der Waals surface area contributed by atoms with E-state index in [1.54, 1.807) is 7.05 Å². The number of sulfonamides is 1. The van der Waals surface area contributed by atoms with E-state index in [1.807, 2.05) is 12.1 Å². The molecule has 0 unspecified atom stereocenters. The number of carbonyl (C=O) groups is 2. The van der Waals surface area contributed by atoms with E-state index in [0.717, 1.165) is 40.5 Å². The number of piperazine rings is 1. The molecule has 2 amide bonds. The first-order chi connectivity index (χ1) is 18.8. The molecule has 1 saturated heterocycles. The first kappa shape index (κ1) is 32.7. The number of halogens is 3. The van der Waals surface area contributed by atoms with Gasteiger partial charge < -0.3 is 10.2 Å². The van der Waals surface area contributed by atoms with Gasteiger partial charge in [-0.25, -0.2) is 8.42 Å². The summed E-state index contributed by atoms with van der Waals surface area (Å²) in [4.78, 5) is 23.5. The van der Waals surface area contributed by atoms with Gasteiger partial charge in [0.25, 0.3) is 0 Å². The number of amides is 2.